The van der Waals surface area contributed by atoms with Crippen LogP contribution < -0.4 is 0 Å². The third-order valence-corrected chi connectivity index (χ3v) is 4.78. The number of aromatic nitrogens is 1. The van der Waals surface area contributed by atoms with Gasteiger partial charge in [-0.15, -0.1) is 5.10 Å². The highest BCUT2D eigenvalue weighted by Gasteiger charge is 2.13. The first kappa shape index (κ1) is 35.7. The van der Waals surface area contributed by atoms with E-state index in [1.54, 1.807) is 38.9 Å². The first-order valence-electron chi connectivity index (χ1n) is 12.1. The lowest BCUT2D eigenvalue weighted by atomic mass is 10.1. The van der Waals surface area contributed by atoms with Crippen molar-refractivity contribution in [1.82, 2.24) is 9.88 Å². The number of allylic oxidation sites excluding steroid dienone is 5. The third kappa shape index (κ3) is 14.0. The molecule has 0 N–H and O–H groups in total. The summed E-state index contributed by atoms with van der Waals surface area (Å²) in [6, 6.07) is 1.92. The Morgan fingerprint density at radius 3 is 2.45 bits per heavy atom. The van der Waals surface area contributed by atoms with Crippen LogP contribution in [0.3, 0.4) is 0 Å². The van der Waals surface area contributed by atoms with Crippen molar-refractivity contribution in [2.24, 2.45) is 20.2 Å². The molecule has 0 fully saturated rings. The number of nitrogens with zero attached hydrogens (tertiary/aromatic N) is 6. The molecule has 0 bridgehead atoms. The van der Waals surface area contributed by atoms with E-state index in [-0.39, 0.29) is 24.8 Å². The minimum absolute atomic E-state index is 0.162. The summed E-state index contributed by atoms with van der Waals surface area (Å²) in [5, 5.41) is 7.21. The number of hydrogen-bond acceptors (Lipinski definition) is 7. The van der Waals surface area contributed by atoms with Gasteiger partial charge in [-0.05, 0) is 44.1 Å². The second-order valence-electron chi connectivity index (χ2n) is 8.02. The van der Waals surface area contributed by atoms with Gasteiger partial charge < -0.3 is 14.4 Å². The van der Waals surface area contributed by atoms with Gasteiger partial charge in [0.05, 0.1) is 30.8 Å². The van der Waals surface area contributed by atoms with Crippen LogP contribution in [0.25, 0.3) is 5.70 Å². The highest BCUT2D eigenvalue weighted by molar-refractivity contribution is 6.14. The summed E-state index contributed by atoms with van der Waals surface area (Å²) in [6.07, 6.45) is 7.82. The molecule has 0 aliphatic carbocycles. The molecule has 0 radical (unpaired) electrons. The van der Waals surface area contributed by atoms with Crippen LogP contribution in [0.15, 0.2) is 92.5 Å². The lowest BCUT2D eigenvalue weighted by Gasteiger charge is -2.14. The Bertz CT molecular complexity index is 1150. The van der Waals surface area contributed by atoms with E-state index in [0.29, 0.717) is 29.1 Å². The summed E-state index contributed by atoms with van der Waals surface area (Å²) in [7, 11) is 4.98. The van der Waals surface area contributed by atoms with Crippen molar-refractivity contribution < 1.29 is 22.6 Å². The van der Waals surface area contributed by atoms with Gasteiger partial charge in [0.1, 0.15) is 12.9 Å². The molecule has 1 heterocycles. The van der Waals surface area contributed by atoms with Gasteiger partial charge in [0.25, 0.3) is 6.43 Å². The Morgan fingerprint density at radius 2 is 1.90 bits per heavy atom. The lowest BCUT2D eigenvalue weighted by molar-refractivity contribution is 0.194. The monoisotopic (exact) mass is 560 g/mol. The van der Waals surface area contributed by atoms with Gasteiger partial charge in [-0.3, -0.25) is 14.4 Å². The highest BCUT2D eigenvalue weighted by atomic mass is 19.3. The van der Waals surface area contributed by atoms with E-state index in [0.717, 1.165) is 17.2 Å². The average Bonchev–Trinajstić information content (AvgIpc) is 2.93. The Balaban J connectivity index is 0.00000483. The molecular formula is C29H39F3N6O2. The van der Waals surface area contributed by atoms with Crippen molar-refractivity contribution in [2.45, 2.75) is 33.7 Å². The molecule has 0 unspecified atom stereocenters. The van der Waals surface area contributed by atoms with Crippen LogP contribution in [-0.4, -0.2) is 76.0 Å². The molecule has 1 aromatic rings. The number of hydrogen-bond donors (Lipinski definition) is 0. The molecule has 0 saturated carbocycles. The zero-order valence-electron chi connectivity index (χ0n) is 24.1. The van der Waals surface area contributed by atoms with E-state index >= 15 is 0 Å². The van der Waals surface area contributed by atoms with E-state index in [4.69, 9.17) is 9.47 Å². The topological polar surface area (TPSA) is 84.0 Å². The zero-order chi connectivity index (χ0) is 30.5. The Morgan fingerprint density at radius 1 is 1.23 bits per heavy atom. The van der Waals surface area contributed by atoms with Crippen molar-refractivity contribution in [2.75, 3.05) is 34.5 Å². The number of halogens is 3. The minimum Gasteiger partial charge on any atom is -0.494 e. The smallest absolute Gasteiger partial charge is 0.263 e. The predicted molar refractivity (Wildman–Crippen MR) is 160 cm³/mol. The van der Waals surface area contributed by atoms with Crippen LogP contribution >= 0.6 is 0 Å². The van der Waals surface area contributed by atoms with Crippen molar-refractivity contribution >= 4 is 30.9 Å². The molecule has 0 aliphatic heterocycles. The third-order valence-electron chi connectivity index (χ3n) is 4.78. The van der Waals surface area contributed by atoms with Crippen molar-refractivity contribution in [3.8, 4) is 0 Å². The van der Waals surface area contributed by atoms with Gasteiger partial charge in [0, 0.05) is 57.1 Å². The molecule has 0 saturated heterocycles. The molecule has 0 aliphatic rings. The van der Waals surface area contributed by atoms with Crippen LogP contribution in [0.1, 0.15) is 31.9 Å². The summed E-state index contributed by atoms with van der Waals surface area (Å²) in [6.45, 7) is 16.2. The second kappa shape index (κ2) is 20.7. The fourth-order valence-electron chi connectivity index (χ4n) is 2.86. The Kier molecular flexibility index (Phi) is 18.4. The molecule has 11 heteroatoms. The van der Waals surface area contributed by atoms with E-state index in [9.17, 15) is 13.2 Å². The number of aliphatic imine (C=N–C) groups is 2. The molecule has 40 heavy (non-hydrogen) atoms. The maximum Gasteiger partial charge on any atom is 0.263 e. The fraction of sp³-hybridized carbons (Fsp3) is 0.345. The van der Waals surface area contributed by atoms with Gasteiger partial charge in [-0.2, -0.15) is 5.10 Å². The van der Waals surface area contributed by atoms with Crippen LogP contribution in [-0.2, 0) is 16.0 Å². The van der Waals surface area contributed by atoms with E-state index in [1.807, 2.05) is 24.9 Å². The summed E-state index contributed by atoms with van der Waals surface area (Å²) in [5.74, 6) is 0.741. The van der Waals surface area contributed by atoms with E-state index in [2.05, 4.69) is 45.0 Å². The minimum atomic E-state index is -2.61. The maximum absolute atomic E-state index is 12.8. The standard InChI is InChI=1S/C27H34F2N6O2.C2H5F/c1-9-23(26(28)29)11-10-20(3)37-17-19(2)25(15-30-5)27(36-8)34-21(4)24-12-22(13-32-14-24)16-35(7)18-33-31-6;1-2-3/h9-15,18,26H,1,4,6,16-17H2,2-3,5,7-8H3;2H2,1H3/b20-10+,23-11+,25-19-,30-15?,33-18-,34-27?;. The van der Waals surface area contributed by atoms with Crippen LogP contribution in [0, 0.1) is 0 Å². The van der Waals surface area contributed by atoms with Gasteiger partial charge in [0.15, 0.2) is 0 Å². The Labute approximate surface area is 235 Å². The van der Waals surface area contributed by atoms with Crippen LogP contribution in [0.2, 0.25) is 0 Å². The number of alkyl halides is 3. The van der Waals surface area contributed by atoms with Gasteiger partial charge in [0.2, 0.25) is 5.90 Å². The largest absolute Gasteiger partial charge is 0.494 e. The average molecular weight is 561 g/mol. The predicted octanol–water partition coefficient (Wildman–Crippen LogP) is 6.46. The zero-order valence-corrected chi connectivity index (χ0v) is 24.1. The first-order chi connectivity index (χ1) is 19.1. The van der Waals surface area contributed by atoms with Crippen LogP contribution in [0.5, 0.6) is 0 Å². The van der Waals surface area contributed by atoms with Gasteiger partial charge in [-0.1, -0.05) is 25.3 Å². The molecule has 1 aromatic heterocycles. The quantitative estimate of drug-likeness (QED) is 0.0859. The fourth-order valence-corrected chi connectivity index (χ4v) is 2.86. The molecular weight excluding hydrogens is 521 g/mol. The molecule has 0 amide bonds. The van der Waals surface area contributed by atoms with E-state index in [1.165, 1.54) is 26.2 Å². The van der Waals surface area contributed by atoms with Crippen molar-refractivity contribution in [3.05, 3.63) is 83.5 Å². The molecule has 0 spiro atoms. The lowest BCUT2D eigenvalue weighted by Crippen LogP contribution is -2.15. The highest BCUT2D eigenvalue weighted by Crippen LogP contribution is 2.18. The van der Waals surface area contributed by atoms with Gasteiger partial charge in [-0.25, -0.2) is 13.8 Å². The maximum atomic E-state index is 12.8. The molecule has 0 atom stereocenters. The number of ether oxygens (including phenoxy) is 2. The number of methoxy groups -OCH3 is 1. The Hall–Kier alpha value is -4.28. The molecule has 0 aromatic carbocycles. The molecule has 1 rings (SSSR count). The summed E-state index contributed by atoms with van der Waals surface area (Å²) < 4.78 is 47.3. The first-order valence-corrected chi connectivity index (χ1v) is 12.1. The summed E-state index contributed by atoms with van der Waals surface area (Å²) in [5.41, 5.74) is 3.25. The van der Waals surface area contributed by atoms with Gasteiger partial charge >= 0.3 is 0 Å². The molecule has 8 nitrogen and oxygen atoms in total. The van der Waals surface area contributed by atoms with E-state index < -0.39 is 6.43 Å². The second-order valence-corrected chi connectivity index (χ2v) is 8.02. The molecule has 218 valence electrons. The SMILES string of the molecule is C=C/C(=C\C=C(/C)OC/C(C)=C(/C=NC)C(=NC(=C)c1cncc(CN(C)/C=N\N=C)c1)OC)C(F)F.CCF. The summed E-state index contributed by atoms with van der Waals surface area (Å²) >= 11 is 0. The van der Waals surface area contributed by atoms with Crippen molar-refractivity contribution in [1.29, 1.82) is 0 Å². The van der Waals surface area contributed by atoms with Crippen molar-refractivity contribution in [3.63, 3.8) is 0 Å². The number of rotatable bonds is 14. The number of pyridine rings is 1. The van der Waals surface area contributed by atoms with Crippen LogP contribution in [0.4, 0.5) is 13.2 Å². The normalized spacial score (nSPS) is 13.1. The summed E-state index contributed by atoms with van der Waals surface area (Å²) in [4.78, 5) is 14.8.